The summed E-state index contributed by atoms with van der Waals surface area (Å²) in [5, 5.41) is 23.4. The number of amides is 2. The van der Waals surface area contributed by atoms with Crippen molar-refractivity contribution in [3.63, 3.8) is 0 Å². The molecule has 2 aliphatic heterocycles. The van der Waals surface area contributed by atoms with Gasteiger partial charge >= 0.3 is 5.97 Å². The number of fused-ring (bicyclic) bond motifs is 1. The lowest BCUT2D eigenvalue weighted by molar-refractivity contribution is -0.151. The number of carbonyl (C=O) groups excluding carboxylic acids is 2. The van der Waals surface area contributed by atoms with E-state index in [4.69, 9.17) is 15.2 Å². The molecule has 0 aliphatic carbocycles. The van der Waals surface area contributed by atoms with Gasteiger partial charge in [-0.2, -0.15) is 0 Å². The Labute approximate surface area is 173 Å². The highest BCUT2D eigenvalue weighted by atomic mass is 16.5. The highest BCUT2D eigenvalue weighted by Gasteiger charge is 2.67. The summed E-state index contributed by atoms with van der Waals surface area (Å²) in [7, 11) is 4.11. The van der Waals surface area contributed by atoms with Crippen molar-refractivity contribution in [2.45, 2.75) is 30.8 Å². The van der Waals surface area contributed by atoms with Gasteiger partial charge in [0.15, 0.2) is 11.5 Å². The third-order valence-corrected chi connectivity index (χ3v) is 6.14. The molecule has 0 spiro atoms. The number of aliphatic carboxylic acids is 1. The fourth-order valence-corrected chi connectivity index (χ4v) is 4.61. The number of nitrogens with zero attached hydrogens (tertiary/aromatic N) is 1. The number of carboxylic acid groups (broad SMARTS) is 1. The number of hydrogen-bond donors (Lipinski definition) is 4. The van der Waals surface area contributed by atoms with Crippen LogP contribution in [0.4, 0.5) is 0 Å². The summed E-state index contributed by atoms with van der Waals surface area (Å²) < 4.78 is 10.4. The summed E-state index contributed by atoms with van der Waals surface area (Å²) in [4.78, 5) is 39.3. The van der Waals surface area contributed by atoms with Crippen LogP contribution >= 0.6 is 0 Å². The number of imide groups is 1. The first kappa shape index (κ1) is 21.8. The molecule has 2 saturated heterocycles. The molecule has 2 heterocycles. The molecule has 1 aromatic carbocycles. The van der Waals surface area contributed by atoms with Gasteiger partial charge in [0.25, 0.3) is 0 Å². The van der Waals surface area contributed by atoms with Crippen LogP contribution in [0.3, 0.4) is 0 Å². The summed E-state index contributed by atoms with van der Waals surface area (Å²) in [6.07, 6.45) is 1.23. The zero-order chi connectivity index (χ0) is 22.2. The highest BCUT2D eigenvalue weighted by Crippen LogP contribution is 2.52. The zero-order valence-electron chi connectivity index (χ0n) is 17.2. The molecular formula is C20H27N3O7. The lowest BCUT2D eigenvalue weighted by Crippen LogP contribution is -2.55. The Balaban J connectivity index is 2.13. The van der Waals surface area contributed by atoms with Gasteiger partial charge in [0, 0.05) is 13.1 Å². The average Bonchev–Trinajstić information content (AvgIpc) is 3.19. The summed E-state index contributed by atoms with van der Waals surface area (Å²) in [6, 6.07) is 2.25. The number of ether oxygens (including phenoxy) is 2. The van der Waals surface area contributed by atoms with E-state index in [1.54, 1.807) is 0 Å². The van der Waals surface area contributed by atoms with Gasteiger partial charge in [-0.15, -0.1) is 0 Å². The molecular weight excluding hydrogens is 394 g/mol. The second-order valence-electron chi connectivity index (χ2n) is 7.66. The number of aromatic hydroxyl groups is 1. The largest absolute Gasteiger partial charge is 0.502 e. The Hall–Kier alpha value is -2.85. The highest BCUT2D eigenvalue weighted by molar-refractivity contribution is 6.09. The number of unbranched alkanes of at least 4 members (excludes halogenated alkanes) is 1. The van der Waals surface area contributed by atoms with E-state index >= 15 is 0 Å². The van der Waals surface area contributed by atoms with Crippen molar-refractivity contribution >= 4 is 17.8 Å². The summed E-state index contributed by atoms with van der Waals surface area (Å²) in [5.74, 6) is -4.10. The number of carbonyl (C=O) groups is 3. The van der Waals surface area contributed by atoms with Crippen LogP contribution in [0.15, 0.2) is 12.1 Å². The SMILES string of the molecule is COc1cc(C2NC(CCCCN)(C(=O)O)C3C(=O)N(C)C(=O)C23)cc(OC)c1O. The summed E-state index contributed by atoms with van der Waals surface area (Å²) >= 11 is 0. The quantitative estimate of drug-likeness (QED) is 0.342. The van der Waals surface area contributed by atoms with Crippen LogP contribution in [-0.2, 0) is 14.4 Å². The third kappa shape index (κ3) is 3.16. The van der Waals surface area contributed by atoms with E-state index in [9.17, 15) is 24.6 Å². The first-order chi connectivity index (χ1) is 14.2. The second kappa shape index (κ2) is 8.11. The van der Waals surface area contributed by atoms with Crippen molar-refractivity contribution in [1.29, 1.82) is 0 Å². The van der Waals surface area contributed by atoms with E-state index in [2.05, 4.69) is 5.32 Å². The normalized spacial score (nSPS) is 28.0. The van der Waals surface area contributed by atoms with Crippen LogP contribution in [0.5, 0.6) is 17.2 Å². The van der Waals surface area contributed by atoms with Crippen molar-refractivity contribution in [3.8, 4) is 17.2 Å². The maximum Gasteiger partial charge on any atom is 0.324 e. The van der Waals surface area contributed by atoms with Crippen LogP contribution < -0.4 is 20.5 Å². The minimum Gasteiger partial charge on any atom is -0.502 e. The lowest BCUT2D eigenvalue weighted by atomic mass is 9.76. The predicted molar refractivity (Wildman–Crippen MR) is 105 cm³/mol. The fraction of sp³-hybridized carbons (Fsp3) is 0.550. The zero-order valence-corrected chi connectivity index (χ0v) is 17.2. The maximum absolute atomic E-state index is 12.9. The second-order valence-corrected chi connectivity index (χ2v) is 7.66. The van der Waals surface area contributed by atoms with E-state index in [1.807, 2.05) is 0 Å². The molecule has 4 unspecified atom stereocenters. The first-order valence-electron chi connectivity index (χ1n) is 9.71. The number of likely N-dealkylation sites (tertiary alicyclic amines) is 1. The number of phenols is 1. The van der Waals surface area contributed by atoms with Gasteiger partial charge in [-0.25, -0.2) is 0 Å². The van der Waals surface area contributed by atoms with Crippen LogP contribution in [0.25, 0.3) is 0 Å². The Morgan fingerprint density at radius 2 is 1.80 bits per heavy atom. The molecule has 10 heteroatoms. The third-order valence-electron chi connectivity index (χ3n) is 6.14. The molecule has 2 aliphatic rings. The molecule has 10 nitrogen and oxygen atoms in total. The Morgan fingerprint density at radius 1 is 1.20 bits per heavy atom. The van der Waals surface area contributed by atoms with E-state index in [0.717, 1.165) is 4.90 Å². The summed E-state index contributed by atoms with van der Waals surface area (Å²) in [5.41, 5.74) is 4.43. The molecule has 2 amide bonds. The number of methoxy groups -OCH3 is 2. The molecule has 30 heavy (non-hydrogen) atoms. The number of rotatable bonds is 8. The van der Waals surface area contributed by atoms with Crippen LogP contribution in [0, 0.1) is 11.8 Å². The number of phenolic OH excluding ortho intramolecular Hbond substituents is 1. The van der Waals surface area contributed by atoms with Crippen molar-refractivity contribution in [2.24, 2.45) is 17.6 Å². The topological polar surface area (TPSA) is 151 Å². The van der Waals surface area contributed by atoms with E-state index in [0.29, 0.717) is 24.9 Å². The molecule has 4 atom stereocenters. The van der Waals surface area contributed by atoms with Crippen LogP contribution in [0.1, 0.15) is 30.9 Å². The molecule has 0 radical (unpaired) electrons. The Kier molecular flexibility index (Phi) is 5.91. The Bertz CT molecular complexity index is 849. The molecule has 1 aromatic rings. The average molecular weight is 421 g/mol. The standard InChI is InChI=1S/C20H27N3O7/c1-23-17(25)13-14(18(23)26)20(19(27)28,6-4-5-7-21)22-15(13)10-8-11(29-2)16(24)12(9-10)30-3/h8-9,13-15,22,24H,4-7,21H2,1-3H3,(H,27,28). The number of carboxylic acids is 1. The van der Waals surface area contributed by atoms with Crippen molar-refractivity contribution < 1.29 is 34.1 Å². The van der Waals surface area contributed by atoms with Gasteiger partial charge in [-0.3, -0.25) is 24.6 Å². The predicted octanol–water partition coefficient (Wildman–Crippen LogP) is 0.237. The molecule has 2 fully saturated rings. The van der Waals surface area contributed by atoms with Gasteiger partial charge in [0.1, 0.15) is 5.54 Å². The molecule has 5 N–H and O–H groups in total. The summed E-state index contributed by atoms with van der Waals surface area (Å²) in [6.45, 7) is 0.395. The van der Waals surface area contributed by atoms with E-state index in [1.165, 1.54) is 33.4 Å². The van der Waals surface area contributed by atoms with Crippen molar-refractivity contribution in [1.82, 2.24) is 10.2 Å². The smallest absolute Gasteiger partial charge is 0.324 e. The maximum atomic E-state index is 12.9. The minimum atomic E-state index is -1.61. The van der Waals surface area contributed by atoms with Crippen molar-refractivity contribution in [2.75, 3.05) is 27.8 Å². The van der Waals surface area contributed by atoms with Gasteiger partial charge in [0.2, 0.25) is 17.6 Å². The fourth-order valence-electron chi connectivity index (χ4n) is 4.61. The van der Waals surface area contributed by atoms with Crippen LogP contribution in [0.2, 0.25) is 0 Å². The number of nitrogens with two attached hydrogens (primary N) is 1. The van der Waals surface area contributed by atoms with Gasteiger partial charge < -0.3 is 25.4 Å². The molecule has 3 rings (SSSR count). The number of nitrogens with one attached hydrogen (secondary N) is 1. The minimum absolute atomic E-state index is 0.115. The molecule has 0 bridgehead atoms. The van der Waals surface area contributed by atoms with E-state index < -0.39 is 41.2 Å². The van der Waals surface area contributed by atoms with E-state index in [-0.39, 0.29) is 23.7 Å². The van der Waals surface area contributed by atoms with Crippen molar-refractivity contribution in [3.05, 3.63) is 17.7 Å². The molecule has 164 valence electrons. The molecule has 0 saturated carbocycles. The number of benzene rings is 1. The van der Waals surface area contributed by atoms with Gasteiger partial charge in [-0.05, 0) is 43.5 Å². The monoisotopic (exact) mass is 421 g/mol. The molecule has 0 aromatic heterocycles. The van der Waals surface area contributed by atoms with Gasteiger partial charge in [-0.1, -0.05) is 0 Å². The first-order valence-corrected chi connectivity index (χ1v) is 9.71. The Morgan fingerprint density at radius 3 is 2.30 bits per heavy atom. The van der Waals surface area contributed by atoms with Crippen LogP contribution in [-0.4, -0.2) is 66.2 Å². The number of hydrogen-bond acceptors (Lipinski definition) is 8. The lowest BCUT2D eigenvalue weighted by Gasteiger charge is -2.30. The van der Waals surface area contributed by atoms with Gasteiger partial charge in [0.05, 0.1) is 26.1 Å².